The van der Waals surface area contributed by atoms with Crippen molar-refractivity contribution in [3.05, 3.63) is 64.6 Å². The van der Waals surface area contributed by atoms with Crippen LogP contribution in [0.15, 0.2) is 53.3 Å². The number of aromatic amines is 1. The van der Waals surface area contributed by atoms with Crippen molar-refractivity contribution in [3.63, 3.8) is 0 Å². The first-order valence-electron chi connectivity index (χ1n) is 8.71. The van der Waals surface area contributed by atoms with E-state index >= 15 is 0 Å². The SMILES string of the molecule is CC(C)c1ccc(OCCNC(=O)Cn2c(=O)[nH]c3ccccc32)cc1. The Morgan fingerprint density at radius 2 is 1.88 bits per heavy atom. The fourth-order valence-electron chi connectivity index (χ4n) is 2.77. The maximum Gasteiger partial charge on any atom is 0.326 e. The molecule has 1 amide bonds. The van der Waals surface area contributed by atoms with E-state index in [2.05, 4.69) is 24.1 Å². The molecule has 2 aromatic carbocycles. The van der Waals surface area contributed by atoms with Crippen LogP contribution in [-0.4, -0.2) is 28.6 Å². The molecule has 136 valence electrons. The third kappa shape index (κ3) is 4.14. The second-order valence-electron chi connectivity index (χ2n) is 6.46. The number of nitrogens with one attached hydrogen (secondary N) is 2. The number of carbonyl (C=O) groups excluding carboxylic acids is 1. The summed E-state index contributed by atoms with van der Waals surface area (Å²) in [5.74, 6) is 1.03. The van der Waals surface area contributed by atoms with Gasteiger partial charge < -0.3 is 15.0 Å². The number of aromatic nitrogens is 2. The molecule has 0 fully saturated rings. The van der Waals surface area contributed by atoms with Gasteiger partial charge in [0.25, 0.3) is 0 Å². The molecular weight excluding hydrogens is 330 g/mol. The molecule has 3 rings (SSSR count). The molecule has 0 spiro atoms. The topological polar surface area (TPSA) is 76.1 Å². The van der Waals surface area contributed by atoms with Gasteiger partial charge in [-0.05, 0) is 35.7 Å². The first kappa shape index (κ1) is 17.8. The van der Waals surface area contributed by atoms with Gasteiger partial charge in [-0.3, -0.25) is 9.36 Å². The van der Waals surface area contributed by atoms with Crippen molar-refractivity contribution < 1.29 is 9.53 Å². The third-order valence-electron chi connectivity index (χ3n) is 4.22. The Balaban J connectivity index is 1.48. The van der Waals surface area contributed by atoms with Crippen molar-refractivity contribution in [1.82, 2.24) is 14.9 Å². The molecule has 0 aliphatic heterocycles. The molecule has 0 saturated heterocycles. The van der Waals surface area contributed by atoms with E-state index in [4.69, 9.17) is 4.74 Å². The van der Waals surface area contributed by atoms with Crippen molar-refractivity contribution in [1.29, 1.82) is 0 Å². The van der Waals surface area contributed by atoms with Gasteiger partial charge in [0.2, 0.25) is 5.91 Å². The molecule has 6 heteroatoms. The number of benzene rings is 2. The highest BCUT2D eigenvalue weighted by Gasteiger charge is 2.10. The molecule has 0 bridgehead atoms. The van der Waals surface area contributed by atoms with Gasteiger partial charge >= 0.3 is 5.69 Å². The molecule has 6 nitrogen and oxygen atoms in total. The first-order valence-corrected chi connectivity index (χ1v) is 8.71. The number of nitrogens with zero attached hydrogens (tertiary/aromatic N) is 1. The number of hydrogen-bond acceptors (Lipinski definition) is 3. The monoisotopic (exact) mass is 353 g/mol. The molecule has 0 unspecified atom stereocenters. The highest BCUT2D eigenvalue weighted by molar-refractivity contribution is 5.80. The third-order valence-corrected chi connectivity index (χ3v) is 4.22. The number of fused-ring (bicyclic) bond motifs is 1. The summed E-state index contributed by atoms with van der Waals surface area (Å²) in [6.07, 6.45) is 0. The molecule has 0 atom stereocenters. The minimum Gasteiger partial charge on any atom is -0.492 e. The van der Waals surface area contributed by atoms with Crippen LogP contribution >= 0.6 is 0 Å². The van der Waals surface area contributed by atoms with Crippen LogP contribution in [0.4, 0.5) is 0 Å². The summed E-state index contributed by atoms with van der Waals surface area (Å²) < 4.78 is 7.06. The van der Waals surface area contributed by atoms with E-state index in [0.717, 1.165) is 11.3 Å². The lowest BCUT2D eigenvalue weighted by Gasteiger charge is -2.10. The van der Waals surface area contributed by atoms with Gasteiger partial charge in [-0.15, -0.1) is 0 Å². The van der Waals surface area contributed by atoms with Gasteiger partial charge in [0, 0.05) is 0 Å². The Bertz CT molecular complexity index is 939. The standard InChI is InChI=1S/C20H23N3O3/c1-14(2)15-7-9-16(10-8-15)26-12-11-21-19(24)13-23-18-6-4-3-5-17(18)22-20(23)25/h3-10,14H,11-13H2,1-2H3,(H,21,24)(H,22,25). The Hall–Kier alpha value is -3.02. The lowest BCUT2D eigenvalue weighted by molar-refractivity contribution is -0.121. The minimum atomic E-state index is -0.289. The van der Waals surface area contributed by atoms with Crippen LogP contribution in [0.3, 0.4) is 0 Å². The summed E-state index contributed by atoms with van der Waals surface area (Å²) in [5, 5.41) is 2.78. The molecule has 0 aliphatic carbocycles. The molecule has 1 aromatic heterocycles. The predicted molar refractivity (Wildman–Crippen MR) is 102 cm³/mol. The van der Waals surface area contributed by atoms with Crippen LogP contribution in [0.2, 0.25) is 0 Å². The Kier molecular flexibility index (Phi) is 5.41. The summed E-state index contributed by atoms with van der Waals surface area (Å²) in [6.45, 7) is 5.01. The van der Waals surface area contributed by atoms with Crippen molar-refractivity contribution in [2.24, 2.45) is 0 Å². The number of H-pyrrole nitrogens is 1. The molecule has 3 aromatic rings. The van der Waals surface area contributed by atoms with Crippen LogP contribution in [0, 0.1) is 0 Å². The van der Waals surface area contributed by atoms with Gasteiger partial charge in [-0.25, -0.2) is 4.79 Å². The van der Waals surface area contributed by atoms with Gasteiger partial charge in [-0.2, -0.15) is 0 Å². The van der Waals surface area contributed by atoms with E-state index in [1.165, 1.54) is 10.1 Å². The van der Waals surface area contributed by atoms with Crippen molar-refractivity contribution in [2.45, 2.75) is 26.3 Å². The smallest absolute Gasteiger partial charge is 0.326 e. The average Bonchev–Trinajstić information content (AvgIpc) is 2.95. The average molecular weight is 353 g/mol. The highest BCUT2D eigenvalue weighted by atomic mass is 16.5. The van der Waals surface area contributed by atoms with Gasteiger partial charge in [-0.1, -0.05) is 38.1 Å². The lowest BCUT2D eigenvalue weighted by atomic mass is 10.0. The summed E-state index contributed by atoms with van der Waals surface area (Å²) in [4.78, 5) is 26.8. The molecule has 1 heterocycles. The summed E-state index contributed by atoms with van der Waals surface area (Å²) in [5.41, 5.74) is 2.41. The zero-order chi connectivity index (χ0) is 18.5. The van der Waals surface area contributed by atoms with E-state index in [0.29, 0.717) is 24.6 Å². The minimum absolute atomic E-state index is 0.0219. The number of amides is 1. The van der Waals surface area contributed by atoms with Gasteiger partial charge in [0.1, 0.15) is 18.9 Å². The van der Waals surface area contributed by atoms with Crippen LogP contribution in [-0.2, 0) is 11.3 Å². The van der Waals surface area contributed by atoms with E-state index in [9.17, 15) is 9.59 Å². The number of imidazole rings is 1. The molecule has 0 aliphatic rings. The molecule has 0 saturated carbocycles. The molecule has 2 N–H and O–H groups in total. The largest absolute Gasteiger partial charge is 0.492 e. The second-order valence-corrected chi connectivity index (χ2v) is 6.46. The Labute approximate surface area is 151 Å². The van der Waals surface area contributed by atoms with Crippen LogP contribution < -0.4 is 15.7 Å². The van der Waals surface area contributed by atoms with E-state index < -0.39 is 0 Å². The van der Waals surface area contributed by atoms with Crippen molar-refractivity contribution in [2.75, 3.05) is 13.2 Å². The van der Waals surface area contributed by atoms with E-state index in [1.807, 2.05) is 48.5 Å². The highest BCUT2D eigenvalue weighted by Crippen LogP contribution is 2.18. The summed E-state index contributed by atoms with van der Waals surface area (Å²) in [7, 11) is 0. The number of hydrogen-bond donors (Lipinski definition) is 2. The Morgan fingerprint density at radius 1 is 1.15 bits per heavy atom. The van der Waals surface area contributed by atoms with Gasteiger partial charge in [0.15, 0.2) is 0 Å². The number of carbonyl (C=O) groups is 1. The second kappa shape index (κ2) is 7.91. The van der Waals surface area contributed by atoms with Crippen LogP contribution in [0.5, 0.6) is 5.75 Å². The first-order chi connectivity index (χ1) is 12.5. The maximum absolute atomic E-state index is 12.1. The van der Waals surface area contributed by atoms with Crippen molar-refractivity contribution >= 4 is 16.9 Å². The quantitative estimate of drug-likeness (QED) is 0.641. The zero-order valence-corrected chi connectivity index (χ0v) is 15.0. The van der Waals surface area contributed by atoms with E-state index in [-0.39, 0.29) is 18.1 Å². The molecular formula is C20H23N3O3. The maximum atomic E-state index is 12.1. The number of para-hydroxylation sites is 2. The van der Waals surface area contributed by atoms with E-state index in [1.54, 1.807) is 0 Å². The summed E-state index contributed by atoms with van der Waals surface area (Å²) >= 11 is 0. The number of rotatable bonds is 7. The zero-order valence-electron chi connectivity index (χ0n) is 15.0. The Morgan fingerprint density at radius 3 is 2.62 bits per heavy atom. The fourth-order valence-corrected chi connectivity index (χ4v) is 2.77. The predicted octanol–water partition coefficient (Wildman–Crippen LogP) is 2.65. The van der Waals surface area contributed by atoms with Crippen LogP contribution in [0.25, 0.3) is 11.0 Å². The molecule has 26 heavy (non-hydrogen) atoms. The van der Waals surface area contributed by atoms with Crippen molar-refractivity contribution in [3.8, 4) is 5.75 Å². The lowest BCUT2D eigenvalue weighted by Crippen LogP contribution is -2.33. The number of ether oxygens (including phenoxy) is 1. The van der Waals surface area contributed by atoms with Crippen LogP contribution in [0.1, 0.15) is 25.3 Å². The van der Waals surface area contributed by atoms with Gasteiger partial charge in [0.05, 0.1) is 17.6 Å². The summed E-state index contributed by atoms with van der Waals surface area (Å²) in [6, 6.07) is 15.2. The fraction of sp³-hybridized carbons (Fsp3) is 0.300. The molecule has 0 radical (unpaired) electrons. The normalized spacial score (nSPS) is 11.0.